The summed E-state index contributed by atoms with van der Waals surface area (Å²) in [5.74, 6) is 1.78. The third-order valence-electron chi connectivity index (χ3n) is 6.76. The van der Waals surface area contributed by atoms with E-state index in [-0.39, 0.29) is 5.82 Å². The molecule has 2 aromatic carbocycles. The largest absolute Gasteiger partial charge is 0.489 e. The Hall–Kier alpha value is -2.43. The summed E-state index contributed by atoms with van der Waals surface area (Å²) in [5, 5.41) is 0. The average molecular weight is 420 g/mol. The average Bonchev–Trinajstić information content (AvgIpc) is 2.76. The highest BCUT2D eigenvalue weighted by Crippen LogP contribution is 2.31. The van der Waals surface area contributed by atoms with E-state index in [1.807, 2.05) is 0 Å². The van der Waals surface area contributed by atoms with Gasteiger partial charge in [-0.05, 0) is 72.1 Å². The van der Waals surface area contributed by atoms with Crippen molar-refractivity contribution in [3.63, 3.8) is 0 Å². The number of nitrogens with zero attached hydrogens (tertiary/aromatic N) is 1. The maximum absolute atomic E-state index is 13.1. The molecular formula is C27H30FNO2. The Balaban J connectivity index is 1.20. The van der Waals surface area contributed by atoms with Gasteiger partial charge in [-0.1, -0.05) is 42.5 Å². The first kappa shape index (κ1) is 20.5. The van der Waals surface area contributed by atoms with Crippen LogP contribution in [0.3, 0.4) is 0 Å². The first-order valence-electron chi connectivity index (χ1n) is 11.4. The van der Waals surface area contributed by atoms with Gasteiger partial charge in [-0.25, -0.2) is 4.39 Å². The molecule has 5 rings (SSSR count). The SMILES string of the molecule is Fc1ccc(COc2ccc3c(c2)CN(CC2C=CC=C[C@@H]2CC2CCO2)CC3)cc1. The first-order chi connectivity index (χ1) is 15.2. The predicted octanol–water partition coefficient (Wildman–Crippen LogP) is 5.30. The molecule has 0 amide bonds. The minimum Gasteiger partial charge on any atom is -0.489 e. The molecule has 2 aliphatic heterocycles. The highest BCUT2D eigenvalue weighted by atomic mass is 19.1. The molecule has 3 nitrogen and oxygen atoms in total. The molecule has 31 heavy (non-hydrogen) atoms. The van der Waals surface area contributed by atoms with Gasteiger partial charge in [0.15, 0.2) is 0 Å². The summed E-state index contributed by atoms with van der Waals surface area (Å²) in [6.07, 6.45) is 13.0. The molecule has 1 fully saturated rings. The van der Waals surface area contributed by atoms with Gasteiger partial charge in [0.25, 0.3) is 0 Å². The van der Waals surface area contributed by atoms with Crippen LogP contribution in [0.5, 0.6) is 5.75 Å². The third-order valence-corrected chi connectivity index (χ3v) is 6.76. The molecule has 0 spiro atoms. The lowest BCUT2D eigenvalue weighted by atomic mass is 9.82. The topological polar surface area (TPSA) is 21.7 Å². The van der Waals surface area contributed by atoms with Gasteiger partial charge in [0.2, 0.25) is 0 Å². The summed E-state index contributed by atoms with van der Waals surface area (Å²) in [4.78, 5) is 2.58. The minimum atomic E-state index is -0.219. The van der Waals surface area contributed by atoms with Gasteiger partial charge in [-0.15, -0.1) is 0 Å². The first-order valence-corrected chi connectivity index (χ1v) is 11.4. The van der Waals surface area contributed by atoms with E-state index in [1.165, 1.54) is 29.7 Å². The van der Waals surface area contributed by atoms with Crippen LogP contribution in [0.4, 0.5) is 4.39 Å². The van der Waals surface area contributed by atoms with Crippen LogP contribution >= 0.6 is 0 Å². The van der Waals surface area contributed by atoms with Crippen molar-refractivity contribution in [3.8, 4) is 5.75 Å². The zero-order valence-electron chi connectivity index (χ0n) is 17.9. The number of hydrogen-bond donors (Lipinski definition) is 0. The van der Waals surface area contributed by atoms with E-state index >= 15 is 0 Å². The van der Waals surface area contributed by atoms with E-state index in [2.05, 4.69) is 47.4 Å². The van der Waals surface area contributed by atoms with Gasteiger partial charge in [-0.3, -0.25) is 4.90 Å². The van der Waals surface area contributed by atoms with E-state index in [9.17, 15) is 4.39 Å². The van der Waals surface area contributed by atoms with Crippen molar-refractivity contribution >= 4 is 0 Å². The van der Waals surface area contributed by atoms with Crippen LogP contribution in [-0.4, -0.2) is 30.7 Å². The van der Waals surface area contributed by atoms with Gasteiger partial charge in [0.05, 0.1) is 6.10 Å². The number of halogens is 1. The van der Waals surface area contributed by atoms with Crippen LogP contribution in [-0.2, 0) is 24.3 Å². The fourth-order valence-electron chi connectivity index (χ4n) is 4.81. The quantitative estimate of drug-likeness (QED) is 0.608. The van der Waals surface area contributed by atoms with Crippen molar-refractivity contribution in [2.45, 2.75) is 38.5 Å². The van der Waals surface area contributed by atoms with Crippen LogP contribution in [0.25, 0.3) is 0 Å². The molecule has 2 aromatic rings. The minimum absolute atomic E-state index is 0.219. The molecule has 0 radical (unpaired) electrons. The lowest BCUT2D eigenvalue weighted by molar-refractivity contribution is -0.0628. The lowest BCUT2D eigenvalue weighted by Gasteiger charge is -2.36. The van der Waals surface area contributed by atoms with Gasteiger partial charge in [0.1, 0.15) is 18.2 Å². The van der Waals surface area contributed by atoms with Crippen molar-refractivity contribution in [2.24, 2.45) is 11.8 Å². The molecule has 1 aliphatic carbocycles. The van der Waals surface area contributed by atoms with E-state index in [1.54, 1.807) is 12.1 Å². The monoisotopic (exact) mass is 419 g/mol. The fraction of sp³-hybridized carbons (Fsp3) is 0.407. The van der Waals surface area contributed by atoms with Crippen LogP contribution in [0.2, 0.25) is 0 Å². The number of rotatable bonds is 7. The zero-order chi connectivity index (χ0) is 21.0. The second-order valence-corrected chi connectivity index (χ2v) is 8.95. The maximum atomic E-state index is 13.1. The molecule has 0 bridgehead atoms. The molecule has 1 saturated heterocycles. The molecular weight excluding hydrogens is 389 g/mol. The standard InChI is InChI=1S/C27H30FNO2/c28-25-8-5-20(6-9-25)19-31-26-10-7-21-11-13-29(18-24(21)16-26)17-23-4-2-1-3-22(23)15-27-12-14-30-27/h1-10,16,22-23,27H,11-15,17-19H2/t22-,23?,27?/m1/s1. The van der Waals surface area contributed by atoms with Crippen molar-refractivity contribution < 1.29 is 13.9 Å². The summed E-state index contributed by atoms with van der Waals surface area (Å²) in [5.41, 5.74) is 3.75. The van der Waals surface area contributed by atoms with Gasteiger partial charge in [0, 0.05) is 26.2 Å². The Morgan fingerprint density at radius 3 is 2.58 bits per heavy atom. The Morgan fingerprint density at radius 2 is 1.81 bits per heavy atom. The summed E-state index contributed by atoms with van der Waals surface area (Å²) >= 11 is 0. The molecule has 2 unspecified atom stereocenters. The number of benzene rings is 2. The second kappa shape index (κ2) is 9.37. The second-order valence-electron chi connectivity index (χ2n) is 8.95. The van der Waals surface area contributed by atoms with E-state index < -0.39 is 0 Å². The van der Waals surface area contributed by atoms with Crippen molar-refractivity contribution in [2.75, 3.05) is 19.7 Å². The van der Waals surface area contributed by atoms with Crippen molar-refractivity contribution in [1.29, 1.82) is 0 Å². The van der Waals surface area contributed by atoms with Crippen LogP contribution in [0.15, 0.2) is 66.8 Å². The van der Waals surface area contributed by atoms with Gasteiger partial charge >= 0.3 is 0 Å². The van der Waals surface area contributed by atoms with E-state index in [0.29, 0.717) is 24.5 Å². The molecule has 2 heterocycles. The Bertz CT molecular complexity index is 948. The predicted molar refractivity (Wildman–Crippen MR) is 120 cm³/mol. The molecule has 0 aromatic heterocycles. The van der Waals surface area contributed by atoms with Crippen molar-refractivity contribution in [3.05, 3.63) is 89.3 Å². The highest BCUT2D eigenvalue weighted by Gasteiger charge is 2.28. The van der Waals surface area contributed by atoms with Crippen LogP contribution < -0.4 is 4.74 Å². The summed E-state index contributed by atoms with van der Waals surface area (Å²) in [7, 11) is 0. The maximum Gasteiger partial charge on any atom is 0.123 e. The van der Waals surface area contributed by atoms with E-state index in [0.717, 1.165) is 50.4 Å². The Morgan fingerprint density at radius 1 is 1.00 bits per heavy atom. The molecule has 0 saturated carbocycles. The lowest BCUT2D eigenvalue weighted by Crippen LogP contribution is -2.38. The number of fused-ring (bicyclic) bond motifs is 1. The number of allylic oxidation sites excluding steroid dienone is 3. The molecule has 162 valence electrons. The Labute approximate surface area is 184 Å². The summed E-state index contributed by atoms with van der Waals surface area (Å²) < 4.78 is 24.8. The third kappa shape index (κ3) is 5.08. The smallest absolute Gasteiger partial charge is 0.123 e. The molecule has 4 heteroatoms. The summed E-state index contributed by atoms with van der Waals surface area (Å²) in [6.45, 7) is 4.52. The van der Waals surface area contributed by atoms with Crippen molar-refractivity contribution in [1.82, 2.24) is 4.90 Å². The normalized spacial score (nSPS) is 25.1. The highest BCUT2D eigenvalue weighted by molar-refractivity contribution is 5.37. The molecule has 3 aliphatic rings. The van der Waals surface area contributed by atoms with Crippen LogP contribution in [0.1, 0.15) is 29.5 Å². The van der Waals surface area contributed by atoms with Gasteiger partial charge in [-0.2, -0.15) is 0 Å². The molecule has 3 atom stereocenters. The fourth-order valence-corrected chi connectivity index (χ4v) is 4.81. The number of hydrogen-bond acceptors (Lipinski definition) is 3. The summed E-state index contributed by atoms with van der Waals surface area (Å²) in [6, 6.07) is 12.9. The number of ether oxygens (including phenoxy) is 2. The molecule has 0 N–H and O–H groups in total. The Kier molecular flexibility index (Phi) is 6.19. The van der Waals surface area contributed by atoms with Crippen LogP contribution in [0, 0.1) is 17.7 Å². The zero-order valence-corrected chi connectivity index (χ0v) is 17.9. The van der Waals surface area contributed by atoms with Gasteiger partial charge < -0.3 is 9.47 Å². The van der Waals surface area contributed by atoms with E-state index in [4.69, 9.17) is 9.47 Å².